The molecule has 0 unspecified atom stereocenters. The molecular weight excluding hydrogens is 214 g/mol. The molecular formula is C11H10ClNO2. The van der Waals surface area contributed by atoms with Crippen LogP contribution in [0.15, 0.2) is 18.3 Å². The number of hydrogen-bond acceptors (Lipinski definition) is 3. The number of carbonyl (C=O) groups excluding carboxylic acids is 1. The van der Waals surface area contributed by atoms with Crippen molar-refractivity contribution in [3.05, 3.63) is 29.0 Å². The Morgan fingerprint density at radius 2 is 2.40 bits per heavy atom. The van der Waals surface area contributed by atoms with Gasteiger partial charge in [-0.05, 0) is 25.0 Å². The molecule has 1 heterocycles. The summed E-state index contributed by atoms with van der Waals surface area (Å²) in [6.45, 7) is 2.13. The largest absolute Gasteiger partial charge is 0.465 e. The first-order chi connectivity index (χ1) is 7.22. The van der Waals surface area contributed by atoms with E-state index in [1.54, 1.807) is 19.1 Å². The van der Waals surface area contributed by atoms with Crippen molar-refractivity contribution in [3.8, 4) is 11.8 Å². The summed E-state index contributed by atoms with van der Waals surface area (Å²) in [5.74, 6) is 5.10. The fourth-order valence-corrected chi connectivity index (χ4v) is 0.980. The van der Waals surface area contributed by atoms with Crippen molar-refractivity contribution in [1.29, 1.82) is 0 Å². The third kappa shape index (κ3) is 4.48. The van der Waals surface area contributed by atoms with Gasteiger partial charge in [0.05, 0.1) is 11.6 Å². The average molecular weight is 224 g/mol. The maximum atomic E-state index is 10.9. The molecule has 4 heteroatoms. The lowest BCUT2D eigenvalue weighted by atomic mass is 10.3. The van der Waals surface area contributed by atoms with Crippen LogP contribution in [0.3, 0.4) is 0 Å². The minimum Gasteiger partial charge on any atom is -0.465 e. The van der Waals surface area contributed by atoms with Gasteiger partial charge in [-0.25, -0.2) is 4.98 Å². The molecule has 0 N–H and O–H groups in total. The fraction of sp³-hybridized carbons (Fsp3) is 0.273. The van der Waals surface area contributed by atoms with E-state index < -0.39 is 0 Å². The monoisotopic (exact) mass is 223 g/mol. The Morgan fingerprint density at radius 1 is 1.60 bits per heavy atom. The van der Waals surface area contributed by atoms with Gasteiger partial charge < -0.3 is 4.74 Å². The lowest BCUT2D eigenvalue weighted by molar-refractivity contribution is -0.141. The summed E-state index contributed by atoms with van der Waals surface area (Å²) in [5, 5.41) is 0.561. The van der Waals surface area contributed by atoms with Gasteiger partial charge in [0.1, 0.15) is 12.1 Å². The molecule has 0 saturated carbocycles. The lowest BCUT2D eigenvalue weighted by Crippen LogP contribution is -2.01. The van der Waals surface area contributed by atoms with Crippen LogP contribution >= 0.6 is 11.6 Å². The number of hydrogen-bond donors (Lipinski definition) is 0. The third-order valence-electron chi connectivity index (χ3n) is 1.48. The minimum atomic E-state index is -0.320. The molecule has 15 heavy (non-hydrogen) atoms. The van der Waals surface area contributed by atoms with Crippen LogP contribution in [0.5, 0.6) is 0 Å². The van der Waals surface area contributed by atoms with Crippen LogP contribution in [0.2, 0.25) is 5.02 Å². The molecule has 0 amide bonds. The van der Waals surface area contributed by atoms with Crippen LogP contribution in [0.25, 0.3) is 0 Å². The van der Waals surface area contributed by atoms with E-state index in [0.717, 1.165) is 0 Å². The molecule has 0 radical (unpaired) electrons. The van der Waals surface area contributed by atoms with E-state index in [2.05, 4.69) is 16.8 Å². The molecule has 1 rings (SSSR count). The summed E-state index contributed by atoms with van der Waals surface area (Å²) in [7, 11) is 0. The molecule has 0 bridgehead atoms. The van der Waals surface area contributed by atoms with Crippen molar-refractivity contribution in [2.45, 2.75) is 13.3 Å². The number of ether oxygens (including phenoxy) is 1. The van der Waals surface area contributed by atoms with Crippen LogP contribution in [-0.2, 0) is 9.53 Å². The second-order valence-corrected chi connectivity index (χ2v) is 3.08. The van der Waals surface area contributed by atoms with Crippen LogP contribution in [0.4, 0.5) is 0 Å². The minimum absolute atomic E-state index is 0.0815. The Labute approximate surface area is 93.4 Å². The zero-order valence-corrected chi connectivity index (χ0v) is 9.04. The summed E-state index contributed by atoms with van der Waals surface area (Å²) in [6.07, 6.45) is 1.59. The predicted octanol–water partition coefficient (Wildman–Crippen LogP) is 2.04. The first-order valence-electron chi connectivity index (χ1n) is 4.48. The van der Waals surface area contributed by atoms with Crippen molar-refractivity contribution in [2.75, 3.05) is 6.61 Å². The molecule has 0 spiro atoms. The van der Waals surface area contributed by atoms with E-state index in [4.69, 9.17) is 16.3 Å². The summed E-state index contributed by atoms with van der Waals surface area (Å²) in [6, 6.07) is 3.39. The zero-order chi connectivity index (χ0) is 11.1. The van der Waals surface area contributed by atoms with Gasteiger partial charge in [-0.2, -0.15) is 0 Å². The maximum absolute atomic E-state index is 10.9. The SMILES string of the molecule is CCOC(=O)CC#Cc1ccc(Cl)cn1. The molecule has 0 saturated heterocycles. The van der Waals surface area contributed by atoms with Crippen LogP contribution in [0, 0.1) is 11.8 Å². The molecule has 0 aliphatic carbocycles. The van der Waals surface area contributed by atoms with Gasteiger partial charge in [0, 0.05) is 6.20 Å². The summed E-state index contributed by atoms with van der Waals surface area (Å²) < 4.78 is 4.72. The van der Waals surface area contributed by atoms with Gasteiger partial charge in [-0.3, -0.25) is 4.79 Å². The number of rotatable bonds is 2. The standard InChI is InChI=1S/C11H10ClNO2/c1-2-15-11(14)5-3-4-10-7-6-9(12)8-13-10/h6-8H,2,5H2,1H3. The quantitative estimate of drug-likeness (QED) is 0.569. The van der Waals surface area contributed by atoms with Gasteiger partial charge in [0.2, 0.25) is 0 Å². The van der Waals surface area contributed by atoms with E-state index in [9.17, 15) is 4.79 Å². The number of carbonyl (C=O) groups is 1. The molecule has 0 aliphatic heterocycles. The smallest absolute Gasteiger partial charge is 0.317 e. The number of esters is 1. The molecule has 0 aromatic carbocycles. The van der Waals surface area contributed by atoms with Crippen molar-refractivity contribution >= 4 is 17.6 Å². The topological polar surface area (TPSA) is 39.2 Å². The Kier molecular flexibility index (Phi) is 4.65. The van der Waals surface area contributed by atoms with Gasteiger partial charge in [0.25, 0.3) is 0 Å². The lowest BCUT2D eigenvalue weighted by Gasteiger charge is -1.94. The highest BCUT2D eigenvalue weighted by atomic mass is 35.5. The summed E-state index contributed by atoms with van der Waals surface area (Å²) >= 11 is 5.65. The summed E-state index contributed by atoms with van der Waals surface area (Å²) in [4.78, 5) is 14.9. The van der Waals surface area contributed by atoms with E-state index in [0.29, 0.717) is 17.3 Å². The van der Waals surface area contributed by atoms with Crippen LogP contribution in [-0.4, -0.2) is 17.6 Å². The number of halogens is 1. The Bertz CT molecular complexity index is 389. The molecule has 0 atom stereocenters. The average Bonchev–Trinajstić information content (AvgIpc) is 2.21. The van der Waals surface area contributed by atoms with Gasteiger partial charge >= 0.3 is 5.97 Å². The molecule has 78 valence electrons. The highest BCUT2D eigenvalue weighted by Gasteiger charge is 1.96. The van der Waals surface area contributed by atoms with E-state index >= 15 is 0 Å². The second-order valence-electron chi connectivity index (χ2n) is 2.65. The first kappa shape index (κ1) is 11.5. The Balaban J connectivity index is 2.51. The molecule has 3 nitrogen and oxygen atoms in total. The van der Waals surface area contributed by atoms with Crippen molar-refractivity contribution < 1.29 is 9.53 Å². The predicted molar refractivity (Wildman–Crippen MR) is 57.4 cm³/mol. The van der Waals surface area contributed by atoms with Gasteiger partial charge in [-0.1, -0.05) is 17.5 Å². The molecule has 0 aliphatic rings. The molecule has 1 aromatic rings. The van der Waals surface area contributed by atoms with E-state index in [-0.39, 0.29) is 12.4 Å². The zero-order valence-electron chi connectivity index (χ0n) is 8.29. The molecule has 0 fully saturated rings. The Morgan fingerprint density at radius 3 is 3.00 bits per heavy atom. The number of aromatic nitrogens is 1. The summed E-state index contributed by atoms with van der Waals surface area (Å²) in [5.41, 5.74) is 0.587. The van der Waals surface area contributed by atoms with E-state index in [1.807, 2.05) is 0 Å². The van der Waals surface area contributed by atoms with E-state index in [1.165, 1.54) is 6.20 Å². The second kappa shape index (κ2) is 6.05. The maximum Gasteiger partial charge on any atom is 0.317 e. The van der Waals surface area contributed by atoms with Crippen LogP contribution in [0.1, 0.15) is 19.0 Å². The first-order valence-corrected chi connectivity index (χ1v) is 4.86. The highest BCUT2D eigenvalue weighted by molar-refractivity contribution is 6.30. The van der Waals surface area contributed by atoms with Gasteiger partial charge in [-0.15, -0.1) is 0 Å². The Hall–Kier alpha value is -1.53. The fourth-order valence-electron chi connectivity index (χ4n) is 0.869. The van der Waals surface area contributed by atoms with Crippen molar-refractivity contribution in [1.82, 2.24) is 4.98 Å². The van der Waals surface area contributed by atoms with Gasteiger partial charge in [0.15, 0.2) is 0 Å². The third-order valence-corrected chi connectivity index (χ3v) is 1.71. The van der Waals surface area contributed by atoms with Crippen molar-refractivity contribution in [3.63, 3.8) is 0 Å². The normalized spacial score (nSPS) is 8.93. The number of nitrogens with zero attached hydrogens (tertiary/aromatic N) is 1. The van der Waals surface area contributed by atoms with Crippen molar-refractivity contribution in [2.24, 2.45) is 0 Å². The number of pyridine rings is 1. The van der Waals surface area contributed by atoms with Crippen LogP contribution < -0.4 is 0 Å². The highest BCUT2D eigenvalue weighted by Crippen LogP contribution is 2.04. The molecule has 1 aromatic heterocycles.